The average Bonchev–Trinajstić information content (AvgIpc) is 2.76. The summed E-state index contributed by atoms with van der Waals surface area (Å²) >= 11 is 3.40. The topological polar surface area (TPSA) is 47.8 Å². The van der Waals surface area contributed by atoms with Gasteiger partial charge in [-0.05, 0) is 12.0 Å². The molecule has 0 saturated heterocycles. The van der Waals surface area contributed by atoms with E-state index in [2.05, 4.69) is 39.9 Å². The molecule has 1 heterocycles. The van der Waals surface area contributed by atoms with E-state index >= 15 is 0 Å². The first-order valence-electron chi connectivity index (χ1n) is 6.22. The third kappa shape index (κ3) is 3.50. The summed E-state index contributed by atoms with van der Waals surface area (Å²) in [6.45, 7) is 5.00. The molecule has 2 aromatic rings. The maximum absolute atomic E-state index is 12.3. The maximum atomic E-state index is 12.3. The van der Waals surface area contributed by atoms with Gasteiger partial charge < -0.3 is 0 Å². The minimum atomic E-state index is 0.0467. The Morgan fingerprint density at radius 2 is 2.11 bits per heavy atom. The quantitative estimate of drug-likeness (QED) is 0.795. The summed E-state index contributed by atoms with van der Waals surface area (Å²) in [6.07, 6.45) is 1.78. The molecule has 0 bridgehead atoms. The minimum Gasteiger partial charge on any atom is -0.294 e. The summed E-state index contributed by atoms with van der Waals surface area (Å²) < 4.78 is 2.62. The molecule has 0 saturated carbocycles. The summed E-state index contributed by atoms with van der Waals surface area (Å²) in [5.74, 6) is 1.24. The third-order valence-corrected chi connectivity index (χ3v) is 3.42. The van der Waals surface area contributed by atoms with Crippen molar-refractivity contribution in [1.29, 1.82) is 0 Å². The van der Waals surface area contributed by atoms with Gasteiger partial charge in [0.25, 0.3) is 0 Å². The molecular formula is C14H16BrN3O. The van der Waals surface area contributed by atoms with E-state index in [1.165, 1.54) is 6.33 Å². The Hall–Kier alpha value is -1.49. The first kappa shape index (κ1) is 13.9. The van der Waals surface area contributed by atoms with Gasteiger partial charge in [-0.25, -0.2) is 9.67 Å². The zero-order chi connectivity index (χ0) is 13.8. The van der Waals surface area contributed by atoms with Gasteiger partial charge in [0, 0.05) is 16.6 Å². The first-order valence-corrected chi connectivity index (χ1v) is 7.01. The fraction of sp³-hybridized carbons (Fsp3) is 0.357. The highest BCUT2D eigenvalue weighted by Gasteiger charge is 2.14. The molecule has 0 aliphatic carbocycles. The van der Waals surface area contributed by atoms with Crippen molar-refractivity contribution < 1.29 is 4.79 Å². The highest BCUT2D eigenvalue weighted by atomic mass is 79.9. The van der Waals surface area contributed by atoms with Crippen LogP contribution in [0, 0.1) is 5.92 Å². The number of nitrogens with zero attached hydrogens (tertiary/aromatic N) is 3. The van der Waals surface area contributed by atoms with E-state index < -0.39 is 0 Å². The van der Waals surface area contributed by atoms with Crippen LogP contribution in [0.2, 0.25) is 0 Å². The van der Waals surface area contributed by atoms with Crippen molar-refractivity contribution in [1.82, 2.24) is 14.8 Å². The Labute approximate surface area is 121 Å². The largest absolute Gasteiger partial charge is 0.294 e. The molecule has 1 aromatic heterocycles. The number of Topliss-reactive ketones (excluding diaryl/α,β-unsaturated/α-hetero) is 1. The zero-order valence-corrected chi connectivity index (χ0v) is 12.6. The average molecular weight is 322 g/mol. The number of hydrogen-bond acceptors (Lipinski definition) is 3. The number of benzene rings is 1. The highest BCUT2D eigenvalue weighted by molar-refractivity contribution is 9.10. The van der Waals surface area contributed by atoms with E-state index in [0.29, 0.717) is 11.5 Å². The SMILES string of the molecule is CC(C)Cn1ncnc1CC(=O)c1ccccc1Br. The van der Waals surface area contributed by atoms with E-state index in [4.69, 9.17) is 0 Å². The summed E-state index contributed by atoms with van der Waals surface area (Å²) in [7, 11) is 0. The van der Waals surface area contributed by atoms with Crippen molar-refractivity contribution in [2.75, 3.05) is 0 Å². The van der Waals surface area contributed by atoms with Crippen LogP contribution in [0.1, 0.15) is 30.0 Å². The van der Waals surface area contributed by atoms with Crippen molar-refractivity contribution in [2.24, 2.45) is 5.92 Å². The van der Waals surface area contributed by atoms with Gasteiger partial charge in [-0.15, -0.1) is 0 Å². The van der Waals surface area contributed by atoms with Crippen molar-refractivity contribution in [3.05, 3.63) is 46.5 Å². The number of carbonyl (C=O) groups is 1. The predicted octanol–water partition coefficient (Wildman–Crippen LogP) is 3.12. The van der Waals surface area contributed by atoms with Gasteiger partial charge >= 0.3 is 0 Å². The molecule has 0 unspecified atom stereocenters. The van der Waals surface area contributed by atoms with Crippen LogP contribution in [0.15, 0.2) is 35.1 Å². The molecule has 0 amide bonds. The predicted molar refractivity (Wildman–Crippen MR) is 77.0 cm³/mol. The Morgan fingerprint density at radius 1 is 1.37 bits per heavy atom. The van der Waals surface area contributed by atoms with Crippen LogP contribution >= 0.6 is 15.9 Å². The van der Waals surface area contributed by atoms with E-state index in [1.54, 1.807) is 4.68 Å². The lowest BCUT2D eigenvalue weighted by Crippen LogP contribution is -2.14. The molecule has 1 aromatic carbocycles. The van der Waals surface area contributed by atoms with Crippen LogP contribution in [-0.4, -0.2) is 20.5 Å². The second-order valence-electron chi connectivity index (χ2n) is 4.83. The Bertz CT molecular complexity index is 578. The highest BCUT2D eigenvalue weighted by Crippen LogP contribution is 2.17. The molecule has 5 heteroatoms. The lowest BCUT2D eigenvalue weighted by Gasteiger charge is -2.08. The summed E-state index contributed by atoms with van der Waals surface area (Å²) in [4.78, 5) is 16.4. The number of carbonyl (C=O) groups excluding carboxylic acids is 1. The summed E-state index contributed by atoms with van der Waals surface area (Å²) in [6, 6.07) is 7.43. The van der Waals surface area contributed by atoms with Crippen LogP contribution in [0.25, 0.3) is 0 Å². The van der Waals surface area contributed by atoms with Gasteiger partial charge in [0.2, 0.25) is 0 Å². The fourth-order valence-electron chi connectivity index (χ4n) is 1.85. The molecule has 0 radical (unpaired) electrons. The normalized spacial score (nSPS) is 10.9. The Kier molecular flexibility index (Phi) is 4.47. The molecule has 0 aliphatic rings. The molecule has 0 spiro atoms. The van der Waals surface area contributed by atoms with Gasteiger partial charge in [-0.2, -0.15) is 5.10 Å². The maximum Gasteiger partial charge on any atom is 0.171 e. The Morgan fingerprint density at radius 3 is 2.79 bits per heavy atom. The number of rotatable bonds is 5. The number of ketones is 1. The molecule has 0 aliphatic heterocycles. The lowest BCUT2D eigenvalue weighted by molar-refractivity contribution is 0.0988. The van der Waals surface area contributed by atoms with Gasteiger partial charge in [0.15, 0.2) is 5.78 Å². The summed E-state index contributed by atoms with van der Waals surface area (Å²) in [5, 5.41) is 4.17. The second kappa shape index (κ2) is 6.10. The van der Waals surface area contributed by atoms with Crippen molar-refractivity contribution >= 4 is 21.7 Å². The standard InChI is InChI=1S/C14H16BrN3O/c1-10(2)8-18-14(16-9-17-18)7-13(19)11-5-3-4-6-12(11)15/h3-6,9-10H,7-8H2,1-2H3. The Balaban J connectivity index is 2.16. The van der Waals surface area contributed by atoms with Crippen molar-refractivity contribution in [3.63, 3.8) is 0 Å². The van der Waals surface area contributed by atoms with Crippen molar-refractivity contribution in [3.8, 4) is 0 Å². The smallest absolute Gasteiger partial charge is 0.171 e. The van der Waals surface area contributed by atoms with E-state index in [-0.39, 0.29) is 12.2 Å². The van der Waals surface area contributed by atoms with Gasteiger partial charge in [-0.3, -0.25) is 4.79 Å². The van der Waals surface area contributed by atoms with E-state index in [1.807, 2.05) is 24.3 Å². The van der Waals surface area contributed by atoms with Crippen LogP contribution < -0.4 is 0 Å². The van der Waals surface area contributed by atoms with Crippen LogP contribution in [0.5, 0.6) is 0 Å². The third-order valence-electron chi connectivity index (χ3n) is 2.73. The van der Waals surface area contributed by atoms with Gasteiger partial charge in [0.05, 0.1) is 6.42 Å². The van der Waals surface area contributed by atoms with Crippen LogP contribution in [0.3, 0.4) is 0 Å². The van der Waals surface area contributed by atoms with Gasteiger partial charge in [-0.1, -0.05) is 48.0 Å². The fourth-order valence-corrected chi connectivity index (χ4v) is 2.36. The molecule has 0 N–H and O–H groups in total. The van der Waals surface area contributed by atoms with Crippen LogP contribution in [-0.2, 0) is 13.0 Å². The van der Waals surface area contributed by atoms with Gasteiger partial charge in [0.1, 0.15) is 12.2 Å². The molecule has 4 nitrogen and oxygen atoms in total. The molecule has 2 rings (SSSR count). The number of hydrogen-bond donors (Lipinski definition) is 0. The van der Waals surface area contributed by atoms with E-state index in [0.717, 1.165) is 16.8 Å². The first-order chi connectivity index (χ1) is 9.08. The van der Waals surface area contributed by atoms with Crippen molar-refractivity contribution in [2.45, 2.75) is 26.8 Å². The molecule has 100 valence electrons. The lowest BCUT2D eigenvalue weighted by atomic mass is 10.1. The molecule has 0 fully saturated rings. The second-order valence-corrected chi connectivity index (χ2v) is 5.69. The monoisotopic (exact) mass is 321 g/mol. The molecule has 19 heavy (non-hydrogen) atoms. The number of halogens is 1. The summed E-state index contributed by atoms with van der Waals surface area (Å²) in [5.41, 5.74) is 0.682. The van der Waals surface area contributed by atoms with Crippen LogP contribution in [0.4, 0.5) is 0 Å². The van der Waals surface area contributed by atoms with E-state index in [9.17, 15) is 4.79 Å². The minimum absolute atomic E-state index is 0.0467. The number of aromatic nitrogens is 3. The molecular weight excluding hydrogens is 306 g/mol. The zero-order valence-electron chi connectivity index (χ0n) is 11.0. The molecule has 0 atom stereocenters.